The fraction of sp³-hybridized carbons (Fsp3) is 0.333. The highest BCUT2D eigenvalue weighted by Crippen LogP contribution is 2.16. The van der Waals surface area contributed by atoms with E-state index >= 15 is 0 Å². The van der Waals surface area contributed by atoms with Gasteiger partial charge in [-0.05, 0) is 6.07 Å². The molecule has 114 valence electrons. The van der Waals surface area contributed by atoms with Crippen molar-refractivity contribution in [1.82, 2.24) is 5.32 Å². The first kappa shape index (κ1) is 16.4. The molecule has 0 saturated carbocycles. The minimum Gasteiger partial charge on any atom is -0.480 e. The van der Waals surface area contributed by atoms with Gasteiger partial charge in [0.05, 0.1) is 4.92 Å². The molecule has 21 heavy (non-hydrogen) atoms. The minimum absolute atomic E-state index is 0.105. The molecule has 0 bridgehead atoms. The topological polar surface area (TPSA) is 131 Å². The van der Waals surface area contributed by atoms with Crippen LogP contribution >= 0.6 is 0 Å². The van der Waals surface area contributed by atoms with Crippen LogP contribution in [0.3, 0.4) is 0 Å². The van der Waals surface area contributed by atoms with Gasteiger partial charge in [-0.25, -0.2) is 9.59 Å². The summed E-state index contributed by atoms with van der Waals surface area (Å²) in [7, 11) is 1.42. The fourth-order valence-electron chi connectivity index (χ4n) is 1.52. The van der Waals surface area contributed by atoms with Gasteiger partial charge in [0, 0.05) is 38.0 Å². The van der Waals surface area contributed by atoms with E-state index in [4.69, 9.17) is 9.84 Å². The molecule has 3 N–H and O–H groups in total. The lowest BCUT2D eigenvalue weighted by Crippen LogP contribution is -2.43. The van der Waals surface area contributed by atoms with Crippen molar-refractivity contribution in [3.63, 3.8) is 0 Å². The van der Waals surface area contributed by atoms with E-state index < -0.39 is 23.0 Å². The van der Waals surface area contributed by atoms with Crippen LogP contribution in [0.15, 0.2) is 24.3 Å². The van der Waals surface area contributed by atoms with Gasteiger partial charge in [-0.15, -0.1) is 0 Å². The van der Waals surface area contributed by atoms with E-state index in [-0.39, 0.29) is 24.4 Å². The molecule has 0 saturated heterocycles. The van der Waals surface area contributed by atoms with Crippen molar-refractivity contribution < 1.29 is 24.4 Å². The Morgan fingerprint density at radius 1 is 1.48 bits per heavy atom. The number of nitrogens with one attached hydrogen (secondary N) is 2. The van der Waals surface area contributed by atoms with Crippen LogP contribution in [0.25, 0.3) is 0 Å². The Morgan fingerprint density at radius 2 is 2.19 bits per heavy atom. The number of carboxylic acid groups (broad SMARTS) is 1. The van der Waals surface area contributed by atoms with Crippen molar-refractivity contribution in [3.8, 4) is 0 Å². The average Bonchev–Trinajstić information content (AvgIpc) is 2.43. The maximum Gasteiger partial charge on any atom is 0.326 e. The number of carboxylic acids is 1. The average molecular weight is 297 g/mol. The number of ether oxygens (including phenoxy) is 1. The van der Waals surface area contributed by atoms with Crippen LogP contribution in [0.1, 0.15) is 6.42 Å². The first-order valence-electron chi connectivity index (χ1n) is 5.97. The number of anilines is 1. The molecule has 0 aromatic heterocycles. The molecule has 1 aromatic carbocycles. The first-order chi connectivity index (χ1) is 9.93. The Bertz CT molecular complexity index is 533. The summed E-state index contributed by atoms with van der Waals surface area (Å²) in [6.07, 6.45) is 0.105. The smallest absolute Gasteiger partial charge is 0.326 e. The summed E-state index contributed by atoms with van der Waals surface area (Å²) in [5, 5.41) is 24.1. The second-order valence-corrected chi connectivity index (χ2v) is 4.08. The zero-order valence-corrected chi connectivity index (χ0v) is 11.2. The Morgan fingerprint density at radius 3 is 2.76 bits per heavy atom. The maximum atomic E-state index is 11.7. The van der Waals surface area contributed by atoms with Gasteiger partial charge >= 0.3 is 12.0 Å². The van der Waals surface area contributed by atoms with Gasteiger partial charge in [-0.1, -0.05) is 6.07 Å². The number of nitro groups is 1. The molecule has 0 aliphatic carbocycles. The van der Waals surface area contributed by atoms with Gasteiger partial charge in [0.15, 0.2) is 0 Å². The minimum atomic E-state index is -1.19. The fourth-order valence-corrected chi connectivity index (χ4v) is 1.52. The third-order valence-electron chi connectivity index (χ3n) is 2.53. The van der Waals surface area contributed by atoms with E-state index in [9.17, 15) is 19.7 Å². The summed E-state index contributed by atoms with van der Waals surface area (Å²) in [4.78, 5) is 32.6. The van der Waals surface area contributed by atoms with Crippen molar-refractivity contribution in [3.05, 3.63) is 34.4 Å². The van der Waals surface area contributed by atoms with Gasteiger partial charge < -0.3 is 20.5 Å². The monoisotopic (exact) mass is 297 g/mol. The summed E-state index contributed by atoms with van der Waals surface area (Å²) >= 11 is 0. The van der Waals surface area contributed by atoms with E-state index in [2.05, 4.69) is 10.6 Å². The second kappa shape index (κ2) is 7.80. The number of aliphatic carboxylic acids is 1. The van der Waals surface area contributed by atoms with Gasteiger partial charge in [-0.3, -0.25) is 10.1 Å². The third kappa shape index (κ3) is 5.45. The lowest BCUT2D eigenvalue weighted by atomic mass is 10.2. The van der Waals surface area contributed by atoms with Crippen LogP contribution in [0, 0.1) is 10.1 Å². The van der Waals surface area contributed by atoms with Crippen molar-refractivity contribution in [2.45, 2.75) is 12.5 Å². The Hall–Kier alpha value is -2.68. The highest BCUT2D eigenvalue weighted by Gasteiger charge is 2.19. The molecular weight excluding hydrogens is 282 g/mol. The van der Waals surface area contributed by atoms with Crippen LogP contribution < -0.4 is 10.6 Å². The van der Waals surface area contributed by atoms with Crippen LogP contribution in [0.4, 0.5) is 16.2 Å². The first-order valence-corrected chi connectivity index (χ1v) is 5.97. The lowest BCUT2D eigenvalue weighted by molar-refractivity contribution is -0.384. The summed E-state index contributed by atoms with van der Waals surface area (Å²) < 4.78 is 4.75. The molecule has 0 radical (unpaired) electrons. The summed E-state index contributed by atoms with van der Waals surface area (Å²) in [5.74, 6) is -1.19. The molecule has 0 spiro atoms. The number of amides is 2. The van der Waals surface area contributed by atoms with Crippen LogP contribution in [-0.4, -0.2) is 41.8 Å². The van der Waals surface area contributed by atoms with E-state index in [0.29, 0.717) is 0 Å². The molecular formula is C12H15N3O6. The Labute approximate surface area is 120 Å². The molecule has 2 amide bonds. The largest absolute Gasteiger partial charge is 0.480 e. The van der Waals surface area contributed by atoms with Gasteiger partial charge in [0.25, 0.3) is 5.69 Å². The van der Waals surface area contributed by atoms with Crippen LogP contribution in [0.2, 0.25) is 0 Å². The molecule has 9 heteroatoms. The maximum absolute atomic E-state index is 11.7. The van der Waals surface area contributed by atoms with Gasteiger partial charge in [0.2, 0.25) is 0 Å². The molecule has 1 rings (SSSR count). The molecule has 9 nitrogen and oxygen atoms in total. The number of hydrogen-bond acceptors (Lipinski definition) is 5. The van der Waals surface area contributed by atoms with E-state index in [1.54, 1.807) is 0 Å². The van der Waals surface area contributed by atoms with Crippen molar-refractivity contribution >= 4 is 23.4 Å². The number of rotatable bonds is 7. The number of urea groups is 1. The van der Waals surface area contributed by atoms with Crippen molar-refractivity contribution in [1.29, 1.82) is 0 Å². The van der Waals surface area contributed by atoms with Crippen molar-refractivity contribution in [2.24, 2.45) is 0 Å². The number of non-ortho nitro benzene ring substituents is 1. The molecule has 0 heterocycles. The zero-order chi connectivity index (χ0) is 15.8. The quantitative estimate of drug-likeness (QED) is 0.512. The molecule has 0 aliphatic rings. The summed E-state index contributed by atoms with van der Waals surface area (Å²) in [5.41, 5.74) is 0.0135. The molecule has 1 aromatic rings. The molecule has 0 aliphatic heterocycles. The number of carbonyl (C=O) groups is 2. The number of hydrogen-bond donors (Lipinski definition) is 3. The normalized spacial score (nSPS) is 11.5. The van der Waals surface area contributed by atoms with Crippen molar-refractivity contribution in [2.75, 3.05) is 19.0 Å². The van der Waals surface area contributed by atoms with E-state index in [1.807, 2.05) is 0 Å². The highest BCUT2D eigenvalue weighted by molar-refractivity contribution is 5.92. The highest BCUT2D eigenvalue weighted by atomic mass is 16.6. The number of benzene rings is 1. The summed E-state index contributed by atoms with van der Waals surface area (Å²) in [6.45, 7) is 0.175. The van der Waals surface area contributed by atoms with Crippen LogP contribution in [0.5, 0.6) is 0 Å². The third-order valence-corrected chi connectivity index (χ3v) is 2.53. The Kier molecular flexibility index (Phi) is 6.08. The molecule has 1 unspecified atom stereocenters. The Balaban J connectivity index is 2.65. The standard InChI is InChI=1S/C12H15N3O6/c1-21-6-5-10(11(16)17)14-12(18)13-8-3-2-4-9(7-8)15(19)20/h2-4,7,10H,5-6H2,1H3,(H,16,17)(H2,13,14,18). The van der Waals surface area contributed by atoms with Gasteiger partial charge in [0.1, 0.15) is 6.04 Å². The summed E-state index contributed by atoms with van der Waals surface area (Å²) in [6, 6.07) is 3.44. The van der Waals surface area contributed by atoms with Gasteiger partial charge in [-0.2, -0.15) is 0 Å². The number of nitro benzene ring substituents is 1. The number of methoxy groups -OCH3 is 1. The predicted molar refractivity (Wildman–Crippen MR) is 73.2 cm³/mol. The zero-order valence-electron chi connectivity index (χ0n) is 11.2. The SMILES string of the molecule is COCCC(NC(=O)Nc1cccc([N+](=O)[O-])c1)C(=O)O. The van der Waals surface area contributed by atoms with Crippen LogP contribution in [-0.2, 0) is 9.53 Å². The van der Waals surface area contributed by atoms with E-state index in [0.717, 1.165) is 0 Å². The second-order valence-electron chi connectivity index (χ2n) is 4.08. The molecule has 0 fully saturated rings. The van der Waals surface area contributed by atoms with E-state index in [1.165, 1.54) is 31.4 Å². The predicted octanol–water partition coefficient (Wildman–Crippen LogP) is 1.21. The lowest BCUT2D eigenvalue weighted by Gasteiger charge is -2.14. The number of carbonyl (C=O) groups excluding carboxylic acids is 1. The number of nitrogens with zero attached hydrogens (tertiary/aromatic N) is 1. The molecule has 1 atom stereocenters.